The Morgan fingerprint density at radius 1 is 1.29 bits per heavy atom. The molecule has 0 saturated carbocycles. The number of piperidine rings is 1. The molecule has 1 aromatic rings. The maximum atomic E-state index is 12.4. The fourth-order valence-electron chi connectivity index (χ4n) is 3.28. The first kappa shape index (κ1) is 17.8. The van der Waals surface area contributed by atoms with E-state index in [2.05, 4.69) is 15.5 Å². The highest BCUT2D eigenvalue weighted by Gasteiger charge is 2.31. The van der Waals surface area contributed by atoms with Gasteiger partial charge in [-0.3, -0.25) is 9.69 Å². The van der Waals surface area contributed by atoms with Gasteiger partial charge in [-0.05, 0) is 32.0 Å². The van der Waals surface area contributed by atoms with Crippen molar-refractivity contribution in [2.24, 2.45) is 5.92 Å². The maximum absolute atomic E-state index is 12.4. The van der Waals surface area contributed by atoms with Gasteiger partial charge in [0, 0.05) is 43.2 Å². The number of carbonyl (C=O) groups excluding carboxylic acids is 1. The van der Waals surface area contributed by atoms with Crippen LogP contribution in [0.3, 0.4) is 0 Å². The van der Waals surface area contributed by atoms with Crippen LogP contribution in [0.5, 0.6) is 5.75 Å². The fraction of sp³-hybridized carbons (Fsp3) is 0.588. The van der Waals surface area contributed by atoms with Crippen molar-refractivity contribution >= 4 is 29.1 Å². The first-order chi connectivity index (χ1) is 11.6. The molecule has 132 valence electrons. The number of methoxy groups -OCH3 is 1. The van der Waals surface area contributed by atoms with E-state index in [1.54, 1.807) is 19.2 Å². The first-order valence-corrected chi connectivity index (χ1v) is 9.08. The van der Waals surface area contributed by atoms with E-state index in [9.17, 15) is 4.79 Å². The number of ether oxygens (including phenoxy) is 1. The van der Waals surface area contributed by atoms with Crippen molar-refractivity contribution in [1.82, 2.24) is 15.5 Å². The Morgan fingerprint density at radius 2 is 1.96 bits per heavy atom. The third kappa shape index (κ3) is 3.97. The van der Waals surface area contributed by atoms with Crippen molar-refractivity contribution in [2.75, 3.05) is 33.3 Å². The van der Waals surface area contributed by atoms with Crippen molar-refractivity contribution in [3.8, 4) is 5.75 Å². The molecule has 7 heteroatoms. The van der Waals surface area contributed by atoms with Crippen LogP contribution in [0.1, 0.15) is 18.4 Å². The topological polar surface area (TPSA) is 53.6 Å². The van der Waals surface area contributed by atoms with Crippen LogP contribution in [0, 0.1) is 5.92 Å². The van der Waals surface area contributed by atoms with Crippen molar-refractivity contribution < 1.29 is 9.53 Å². The summed E-state index contributed by atoms with van der Waals surface area (Å²) >= 11 is 12.1. The Kier molecular flexibility index (Phi) is 5.87. The number of nitrogens with zero attached hydrogens (tertiary/aromatic N) is 1. The molecule has 2 heterocycles. The van der Waals surface area contributed by atoms with Crippen LogP contribution in [0.2, 0.25) is 10.0 Å². The molecule has 0 bridgehead atoms. The van der Waals surface area contributed by atoms with E-state index in [0.717, 1.165) is 44.6 Å². The number of halogens is 2. The van der Waals surface area contributed by atoms with Crippen LogP contribution in [0.4, 0.5) is 0 Å². The summed E-state index contributed by atoms with van der Waals surface area (Å²) in [5.74, 6) is 0.828. The van der Waals surface area contributed by atoms with Gasteiger partial charge in [0.2, 0.25) is 5.91 Å². The number of rotatable bonds is 5. The molecule has 0 unspecified atom stereocenters. The molecular formula is C17H23Cl2N3O2. The monoisotopic (exact) mass is 371 g/mol. The zero-order valence-corrected chi connectivity index (χ0v) is 15.3. The quantitative estimate of drug-likeness (QED) is 0.833. The summed E-state index contributed by atoms with van der Waals surface area (Å²) in [6.45, 7) is 4.55. The van der Waals surface area contributed by atoms with Gasteiger partial charge >= 0.3 is 0 Å². The Bertz CT molecular complexity index is 600. The fourth-order valence-corrected chi connectivity index (χ4v) is 3.62. The molecule has 1 amide bonds. The number of amides is 1. The summed E-state index contributed by atoms with van der Waals surface area (Å²) in [4.78, 5) is 14.9. The Balaban J connectivity index is 1.51. The van der Waals surface area contributed by atoms with Crippen LogP contribution in [-0.4, -0.2) is 50.1 Å². The molecule has 0 atom stereocenters. The molecule has 2 fully saturated rings. The van der Waals surface area contributed by atoms with E-state index >= 15 is 0 Å². The maximum Gasteiger partial charge on any atom is 0.223 e. The van der Waals surface area contributed by atoms with Gasteiger partial charge < -0.3 is 15.4 Å². The lowest BCUT2D eigenvalue weighted by Gasteiger charge is -2.41. The number of nitrogens with one attached hydrogen (secondary N) is 2. The van der Waals surface area contributed by atoms with E-state index in [-0.39, 0.29) is 11.8 Å². The molecule has 3 rings (SSSR count). The molecule has 5 nitrogen and oxygen atoms in total. The molecular weight excluding hydrogens is 349 g/mol. The summed E-state index contributed by atoms with van der Waals surface area (Å²) < 4.78 is 5.31. The molecule has 2 aliphatic heterocycles. The van der Waals surface area contributed by atoms with E-state index in [1.807, 2.05) is 0 Å². The highest BCUT2D eigenvalue weighted by molar-refractivity contribution is 6.42. The first-order valence-electron chi connectivity index (χ1n) is 8.33. The molecule has 2 N–H and O–H groups in total. The molecule has 2 saturated heterocycles. The van der Waals surface area contributed by atoms with Crippen LogP contribution < -0.4 is 15.4 Å². The lowest BCUT2D eigenvalue weighted by atomic mass is 9.94. The molecule has 24 heavy (non-hydrogen) atoms. The zero-order valence-electron chi connectivity index (χ0n) is 13.8. The second-order valence-corrected chi connectivity index (χ2v) is 7.23. The van der Waals surface area contributed by atoms with Crippen molar-refractivity contribution in [2.45, 2.75) is 25.4 Å². The second kappa shape index (κ2) is 7.91. The van der Waals surface area contributed by atoms with E-state index in [1.165, 1.54) is 0 Å². The highest BCUT2D eigenvalue weighted by Crippen LogP contribution is 2.30. The summed E-state index contributed by atoms with van der Waals surface area (Å²) in [5.41, 5.74) is 0.832. The van der Waals surface area contributed by atoms with Crippen LogP contribution in [0.15, 0.2) is 12.1 Å². The number of hydrogen-bond donors (Lipinski definition) is 2. The normalized spacial score (nSPS) is 19.8. The van der Waals surface area contributed by atoms with Gasteiger partial charge in [-0.15, -0.1) is 0 Å². The van der Waals surface area contributed by atoms with Gasteiger partial charge in [-0.25, -0.2) is 0 Å². The summed E-state index contributed by atoms with van der Waals surface area (Å²) in [5, 5.41) is 7.22. The van der Waals surface area contributed by atoms with Crippen LogP contribution in [0.25, 0.3) is 0 Å². The number of likely N-dealkylation sites (tertiary alicyclic amines) is 1. The van der Waals surface area contributed by atoms with Crippen LogP contribution in [-0.2, 0) is 11.3 Å². The summed E-state index contributed by atoms with van der Waals surface area (Å²) in [6, 6.07) is 4.08. The highest BCUT2D eigenvalue weighted by atomic mass is 35.5. The van der Waals surface area contributed by atoms with Crippen LogP contribution >= 0.6 is 23.2 Å². The molecule has 0 spiro atoms. The van der Waals surface area contributed by atoms with Gasteiger partial charge in [0.1, 0.15) is 5.75 Å². The van der Waals surface area contributed by atoms with Gasteiger partial charge in [-0.1, -0.05) is 23.2 Å². The molecule has 0 aromatic heterocycles. The van der Waals surface area contributed by atoms with Crippen molar-refractivity contribution in [3.05, 3.63) is 27.7 Å². The standard InChI is InChI=1S/C17H23Cl2N3O2/c1-24-16-7-15(19)14(18)6-12(16)8-21-17(23)11-2-4-22(5-3-11)13-9-20-10-13/h6-7,11,13,20H,2-5,8-10H2,1H3,(H,21,23). The minimum absolute atomic E-state index is 0.0862. The van der Waals surface area contributed by atoms with Crippen molar-refractivity contribution in [3.63, 3.8) is 0 Å². The number of carbonyl (C=O) groups is 1. The van der Waals surface area contributed by atoms with Gasteiger partial charge in [0.15, 0.2) is 0 Å². The number of hydrogen-bond acceptors (Lipinski definition) is 4. The minimum atomic E-state index is 0.0862. The van der Waals surface area contributed by atoms with E-state index in [4.69, 9.17) is 27.9 Å². The van der Waals surface area contributed by atoms with Gasteiger partial charge in [-0.2, -0.15) is 0 Å². The predicted octanol–water partition coefficient (Wildman–Crippen LogP) is 2.30. The SMILES string of the molecule is COc1cc(Cl)c(Cl)cc1CNC(=O)C1CCN(C2CNC2)CC1. The molecule has 2 aliphatic rings. The Morgan fingerprint density at radius 3 is 2.54 bits per heavy atom. The molecule has 0 aliphatic carbocycles. The average molecular weight is 372 g/mol. The summed E-state index contributed by atoms with van der Waals surface area (Å²) in [6.07, 6.45) is 1.84. The zero-order chi connectivity index (χ0) is 17.1. The molecule has 1 aromatic carbocycles. The van der Waals surface area contributed by atoms with E-state index in [0.29, 0.717) is 28.4 Å². The average Bonchev–Trinajstić information content (AvgIpc) is 2.54. The Hall–Kier alpha value is -1.01. The largest absolute Gasteiger partial charge is 0.496 e. The lowest BCUT2D eigenvalue weighted by Crippen LogP contribution is -2.59. The smallest absolute Gasteiger partial charge is 0.223 e. The second-order valence-electron chi connectivity index (χ2n) is 6.42. The predicted molar refractivity (Wildman–Crippen MR) is 95.8 cm³/mol. The Labute approximate surface area is 152 Å². The number of benzene rings is 1. The third-order valence-corrected chi connectivity index (χ3v) is 5.68. The van der Waals surface area contributed by atoms with Crippen molar-refractivity contribution in [1.29, 1.82) is 0 Å². The lowest BCUT2D eigenvalue weighted by molar-refractivity contribution is -0.126. The molecule has 0 radical (unpaired) electrons. The van der Waals surface area contributed by atoms with E-state index < -0.39 is 0 Å². The summed E-state index contributed by atoms with van der Waals surface area (Å²) in [7, 11) is 1.58. The van der Waals surface area contributed by atoms with Gasteiger partial charge in [0.25, 0.3) is 0 Å². The third-order valence-electron chi connectivity index (χ3n) is 4.95. The minimum Gasteiger partial charge on any atom is -0.496 e. The van der Waals surface area contributed by atoms with Gasteiger partial charge in [0.05, 0.1) is 17.2 Å².